The molecule has 0 saturated carbocycles. The lowest BCUT2D eigenvalue weighted by Crippen LogP contribution is -2.42. The summed E-state index contributed by atoms with van der Waals surface area (Å²) in [5.74, 6) is -0.0481. The fourth-order valence-corrected chi connectivity index (χ4v) is 4.36. The highest BCUT2D eigenvalue weighted by Gasteiger charge is 2.23. The van der Waals surface area contributed by atoms with Gasteiger partial charge in [0.1, 0.15) is 17.6 Å². The van der Waals surface area contributed by atoms with E-state index in [-0.39, 0.29) is 12.3 Å². The van der Waals surface area contributed by atoms with Crippen LogP contribution in [0, 0.1) is 27.7 Å². The quantitative estimate of drug-likeness (QED) is 0.297. The lowest BCUT2D eigenvalue weighted by atomic mass is 9.98. The van der Waals surface area contributed by atoms with Crippen LogP contribution < -0.4 is 10.6 Å². The maximum Gasteiger partial charge on any atom is 0.326 e. The molecule has 1 unspecified atom stereocenters. The largest absolute Gasteiger partial charge is 0.480 e. The number of aliphatic carboxylic acids is 1. The van der Waals surface area contributed by atoms with Gasteiger partial charge in [-0.25, -0.2) is 9.78 Å². The molecular weight excluding hydrogens is 468 g/mol. The number of benzene rings is 2. The van der Waals surface area contributed by atoms with Crippen LogP contribution in [0.3, 0.4) is 0 Å². The fourth-order valence-electron chi connectivity index (χ4n) is 4.36. The van der Waals surface area contributed by atoms with Gasteiger partial charge in [-0.05, 0) is 62.1 Å². The number of anilines is 1. The number of hydrogen-bond donors (Lipinski definition) is 3. The van der Waals surface area contributed by atoms with Gasteiger partial charge in [0.05, 0.1) is 6.54 Å². The highest BCUT2D eigenvalue weighted by Crippen LogP contribution is 2.21. The van der Waals surface area contributed by atoms with Crippen molar-refractivity contribution >= 4 is 17.7 Å². The molecular formula is C29H30N4O4. The standard InChI is InChI=1S/C29H30N4O4/c1-17-9-10-30-26(13-17)31-16-23-15-24(33-37-23)22-7-5-21(6-8-22)14-25(29(35)36)32-28(34)27-19(3)11-18(2)12-20(27)4/h5-13,15,25H,14,16H2,1-4H3,(H,30,31)(H,32,34)(H,35,36). The molecule has 190 valence electrons. The topological polar surface area (TPSA) is 117 Å². The van der Waals surface area contributed by atoms with Crippen LogP contribution >= 0.6 is 0 Å². The van der Waals surface area contributed by atoms with Gasteiger partial charge >= 0.3 is 5.97 Å². The highest BCUT2D eigenvalue weighted by molar-refractivity contribution is 5.99. The first-order chi connectivity index (χ1) is 17.7. The maximum atomic E-state index is 12.9. The number of aromatic nitrogens is 2. The van der Waals surface area contributed by atoms with Crippen molar-refractivity contribution in [1.82, 2.24) is 15.5 Å². The van der Waals surface area contributed by atoms with E-state index in [0.717, 1.165) is 39.2 Å². The second kappa shape index (κ2) is 11.1. The molecule has 2 aromatic heterocycles. The first kappa shape index (κ1) is 25.6. The summed E-state index contributed by atoms with van der Waals surface area (Å²) in [6.45, 7) is 8.12. The van der Waals surface area contributed by atoms with Crippen molar-refractivity contribution < 1.29 is 19.2 Å². The molecule has 0 spiro atoms. The summed E-state index contributed by atoms with van der Waals surface area (Å²) < 4.78 is 5.44. The number of aryl methyl sites for hydroxylation is 4. The van der Waals surface area contributed by atoms with Gasteiger partial charge < -0.3 is 20.3 Å². The number of carboxylic acid groups (broad SMARTS) is 1. The zero-order valence-electron chi connectivity index (χ0n) is 21.3. The Labute approximate surface area is 215 Å². The van der Waals surface area contributed by atoms with Crippen LogP contribution in [0.1, 0.15) is 43.9 Å². The van der Waals surface area contributed by atoms with E-state index in [0.29, 0.717) is 23.6 Å². The molecule has 37 heavy (non-hydrogen) atoms. The van der Waals surface area contributed by atoms with E-state index in [1.54, 1.807) is 6.20 Å². The predicted molar refractivity (Wildman–Crippen MR) is 141 cm³/mol. The summed E-state index contributed by atoms with van der Waals surface area (Å²) in [5, 5.41) is 19.8. The van der Waals surface area contributed by atoms with Gasteiger partial charge in [-0.1, -0.05) is 47.1 Å². The Kier molecular flexibility index (Phi) is 7.67. The Balaban J connectivity index is 1.40. The molecule has 0 radical (unpaired) electrons. The Hall–Kier alpha value is -4.46. The van der Waals surface area contributed by atoms with E-state index in [4.69, 9.17) is 4.52 Å². The average Bonchev–Trinajstić information content (AvgIpc) is 3.31. The number of rotatable bonds is 9. The first-order valence-electron chi connectivity index (χ1n) is 12.0. The first-order valence-corrected chi connectivity index (χ1v) is 12.0. The van der Waals surface area contributed by atoms with E-state index >= 15 is 0 Å². The third-order valence-electron chi connectivity index (χ3n) is 6.12. The molecule has 4 rings (SSSR count). The van der Waals surface area contributed by atoms with Crippen LogP contribution in [0.5, 0.6) is 0 Å². The average molecular weight is 499 g/mol. The molecule has 0 bridgehead atoms. The minimum Gasteiger partial charge on any atom is -0.480 e. The Bertz CT molecular complexity index is 1400. The van der Waals surface area contributed by atoms with Gasteiger partial charge in [-0.2, -0.15) is 0 Å². The van der Waals surface area contributed by atoms with Gasteiger partial charge in [0, 0.05) is 29.8 Å². The van der Waals surface area contributed by atoms with Crippen molar-refractivity contribution in [3.8, 4) is 11.3 Å². The van der Waals surface area contributed by atoms with Crippen molar-refractivity contribution in [1.29, 1.82) is 0 Å². The molecule has 0 aliphatic carbocycles. The van der Waals surface area contributed by atoms with Crippen molar-refractivity contribution in [3.05, 3.63) is 99.9 Å². The van der Waals surface area contributed by atoms with Gasteiger partial charge in [0.25, 0.3) is 5.91 Å². The lowest BCUT2D eigenvalue weighted by Gasteiger charge is -2.17. The Morgan fingerprint density at radius 2 is 1.65 bits per heavy atom. The van der Waals surface area contributed by atoms with Gasteiger partial charge in [0.15, 0.2) is 5.76 Å². The van der Waals surface area contributed by atoms with Crippen LogP contribution in [0.2, 0.25) is 0 Å². The Morgan fingerprint density at radius 3 is 2.30 bits per heavy atom. The van der Waals surface area contributed by atoms with E-state index in [1.165, 1.54) is 0 Å². The van der Waals surface area contributed by atoms with Gasteiger partial charge in [0.2, 0.25) is 0 Å². The minimum atomic E-state index is -1.09. The summed E-state index contributed by atoms with van der Waals surface area (Å²) in [7, 11) is 0. The highest BCUT2D eigenvalue weighted by atomic mass is 16.5. The summed E-state index contributed by atoms with van der Waals surface area (Å²) >= 11 is 0. The third kappa shape index (κ3) is 6.41. The summed E-state index contributed by atoms with van der Waals surface area (Å²) in [6, 6.07) is 15.9. The zero-order valence-corrected chi connectivity index (χ0v) is 21.3. The van der Waals surface area contributed by atoms with E-state index in [9.17, 15) is 14.7 Å². The molecule has 1 amide bonds. The maximum absolute atomic E-state index is 12.9. The lowest BCUT2D eigenvalue weighted by molar-refractivity contribution is -0.139. The number of amides is 1. The molecule has 0 fully saturated rings. The normalized spacial score (nSPS) is 11.7. The second-order valence-corrected chi connectivity index (χ2v) is 9.29. The van der Waals surface area contributed by atoms with E-state index < -0.39 is 12.0 Å². The monoisotopic (exact) mass is 498 g/mol. The number of pyridine rings is 1. The van der Waals surface area contributed by atoms with Crippen molar-refractivity contribution in [2.24, 2.45) is 0 Å². The van der Waals surface area contributed by atoms with E-state index in [1.807, 2.05) is 82.3 Å². The van der Waals surface area contributed by atoms with Gasteiger partial charge in [-0.3, -0.25) is 4.79 Å². The smallest absolute Gasteiger partial charge is 0.326 e. The number of hydrogen-bond acceptors (Lipinski definition) is 6. The SMILES string of the molecule is Cc1ccnc(NCc2cc(-c3ccc(CC(NC(=O)c4c(C)cc(C)cc4C)C(=O)O)cc3)no2)c1. The zero-order chi connectivity index (χ0) is 26.5. The second-order valence-electron chi connectivity index (χ2n) is 9.29. The molecule has 2 heterocycles. The Morgan fingerprint density at radius 1 is 0.946 bits per heavy atom. The molecule has 0 saturated heterocycles. The third-order valence-corrected chi connectivity index (χ3v) is 6.12. The summed E-state index contributed by atoms with van der Waals surface area (Å²) in [4.78, 5) is 29.1. The van der Waals surface area contributed by atoms with E-state index in [2.05, 4.69) is 20.8 Å². The molecule has 8 nitrogen and oxygen atoms in total. The van der Waals surface area contributed by atoms with Crippen LogP contribution in [0.25, 0.3) is 11.3 Å². The van der Waals surface area contributed by atoms with Crippen LogP contribution in [-0.2, 0) is 17.8 Å². The van der Waals surface area contributed by atoms with Gasteiger partial charge in [-0.15, -0.1) is 0 Å². The van der Waals surface area contributed by atoms with Crippen molar-refractivity contribution in [2.45, 2.75) is 46.7 Å². The van der Waals surface area contributed by atoms with Crippen molar-refractivity contribution in [2.75, 3.05) is 5.32 Å². The molecule has 1 atom stereocenters. The number of carboxylic acids is 1. The number of nitrogens with zero attached hydrogens (tertiary/aromatic N) is 2. The van der Waals surface area contributed by atoms with Crippen LogP contribution in [-0.4, -0.2) is 33.2 Å². The summed E-state index contributed by atoms with van der Waals surface area (Å²) in [6.07, 6.45) is 1.90. The molecule has 3 N–H and O–H groups in total. The number of carbonyl (C=O) groups excluding carboxylic acids is 1. The fraction of sp³-hybridized carbons (Fsp3) is 0.241. The van der Waals surface area contributed by atoms with Crippen molar-refractivity contribution in [3.63, 3.8) is 0 Å². The predicted octanol–water partition coefficient (Wildman–Crippen LogP) is 5.01. The van der Waals surface area contributed by atoms with Crippen LogP contribution in [0.4, 0.5) is 5.82 Å². The molecule has 2 aromatic carbocycles. The molecule has 0 aliphatic heterocycles. The minimum absolute atomic E-state index is 0.156. The molecule has 4 aromatic rings. The summed E-state index contributed by atoms with van der Waals surface area (Å²) in [5.41, 5.74) is 6.62. The number of nitrogens with one attached hydrogen (secondary N) is 2. The molecule has 8 heteroatoms. The molecule has 0 aliphatic rings. The number of carbonyl (C=O) groups is 2. The van der Waals surface area contributed by atoms with Crippen LogP contribution in [0.15, 0.2) is 65.3 Å².